The van der Waals surface area contributed by atoms with Crippen molar-refractivity contribution in [2.24, 2.45) is 0 Å². The third kappa shape index (κ3) is 6.56. The minimum absolute atomic E-state index is 0.141. The second-order valence-electron chi connectivity index (χ2n) is 6.55. The summed E-state index contributed by atoms with van der Waals surface area (Å²) in [5.74, 6) is 0. The topological polar surface area (TPSA) is 0 Å². The molecule has 0 amide bonds. The van der Waals surface area contributed by atoms with Crippen LogP contribution in [0.15, 0.2) is 0 Å². The molecule has 0 radical (unpaired) electrons. The van der Waals surface area contributed by atoms with Crippen molar-refractivity contribution in [3.8, 4) is 0 Å². The highest BCUT2D eigenvalue weighted by atomic mass is 31.1. The quantitative estimate of drug-likeness (QED) is 0.423. The molecule has 15 heavy (non-hydrogen) atoms. The van der Waals surface area contributed by atoms with E-state index in [9.17, 15) is 0 Å². The molecule has 0 bridgehead atoms. The molecule has 0 aromatic heterocycles. The summed E-state index contributed by atoms with van der Waals surface area (Å²) >= 11 is 0. The largest absolute Gasteiger partial charge is 0.0956 e. The predicted octanol–water partition coefficient (Wildman–Crippen LogP) is 5.65. The summed E-state index contributed by atoms with van der Waals surface area (Å²) in [6.45, 7) is 16.8. The molecule has 0 aromatic rings. The minimum atomic E-state index is 0.141. The van der Waals surface area contributed by atoms with E-state index in [0.717, 1.165) is 0 Å². The predicted molar refractivity (Wildman–Crippen MR) is 75.4 cm³/mol. The van der Waals surface area contributed by atoms with Gasteiger partial charge in [0.25, 0.3) is 0 Å². The first-order valence-corrected chi connectivity index (χ1v) is 8.00. The lowest BCUT2D eigenvalue weighted by atomic mass is 10.2. The molecule has 0 heterocycles. The monoisotopic (exact) mass is 230 g/mol. The highest BCUT2D eigenvalue weighted by Gasteiger charge is 2.33. The fraction of sp³-hybridized carbons (Fsp3) is 1.00. The van der Waals surface area contributed by atoms with E-state index >= 15 is 0 Å². The zero-order valence-electron chi connectivity index (χ0n) is 12.0. The van der Waals surface area contributed by atoms with Crippen LogP contribution in [0.4, 0.5) is 0 Å². The Kier molecular flexibility index (Phi) is 6.41. The SMILES string of the molecule is CCCCCCP(C(C)(C)C)C(C)(C)C. The minimum Gasteiger partial charge on any atom is -0.0956 e. The average molecular weight is 230 g/mol. The second-order valence-corrected chi connectivity index (χ2v) is 10.5. The van der Waals surface area contributed by atoms with Crippen molar-refractivity contribution in [3.05, 3.63) is 0 Å². The van der Waals surface area contributed by atoms with Crippen LogP contribution in [0.5, 0.6) is 0 Å². The average Bonchev–Trinajstić information content (AvgIpc) is 1.99. The Morgan fingerprint density at radius 1 is 0.733 bits per heavy atom. The first kappa shape index (κ1) is 15.4. The van der Waals surface area contributed by atoms with Gasteiger partial charge in [-0.05, 0) is 22.9 Å². The summed E-state index contributed by atoms with van der Waals surface area (Å²) in [6.07, 6.45) is 7.10. The molecular weight excluding hydrogens is 199 g/mol. The molecule has 0 aliphatic heterocycles. The van der Waals surface area contributed by atoms with Crippen LogP contribution >= 0.6 is 7.92 Å². The summed E-state index contributed by atoms with van der Waals surface area (Å²) in [6, 6.07) is 0. The summed E-state index contributed by atoms with van der Waals surface area (Å²) in [7, 11) is 0.141. The number of unbranched alkanes of at least 4 members (excludes halogenated alkanes) is 3. The van der Waals surface area contributed by atoms with Gasteiger partial charge in [0, 0.05) is 0 Å². The molecule has 0 saturated heterocycles. The normalized spacial score (nSPS) is 13.6. The Morgan fingerprint density at radius 2 is 1.20 bits per heavy atom. The Hall–Kier alpha value is 0.430. The molecule has 0 spiro atoms. The molecule has 0 aliphatic carbocycles. The second kappa shape index (κ2) is 6.24. The van der Waals surface area contributed by atoms with E-state index in [1.165, 1.54) is 31.8 Å². The van der Waals surface area contributed by atoms with Gasteiger partial charge in [-0.2, -0.15) is 0 Å². The zero-order chi connectivity index (χ0) is 12.1. The van der Waals surface area contributed by atoms with Crippen LogP contribution in [0.2, 0.25) is 0 Å². The highest BCUT2D eigenvalue weighted by molar-refractivity contribution is 7.60. The van der Waals surface area contributed by atoms with Gasteiger partial charge in [0.15, 0.2) is 0 Å². The van der Waals surface area contributed by atoms with E-state index in [1.54, 1.807) is 0 Å². The number of hydrogen-bond donors (Lipinski definition) is 0. The van der Waals surface area contributed by atoms with E-state index in [2.05, 4.69) is 48.5 Å². The first-order valence-electron chi connectivity index (χ1n) is 6.47. The molecule has 0 fully saturated rings. The van der Waals surface area contributed by atoms with Crippen LogP contribution < -0.4 is 0 Å². The van der Waals surface area contributed by atoms with E-state index in [0.29, 0.717) is 10.3 Å². The van der Waals surface area contributed by atoms with E-state index in [-0.39, 0.29) is 7.92 Å². The summed E-state index contributed by atoms with van der Waals surface area (Å²) in [4.78, 5) is 0. The molecule has 0 atom stereocenters. The van der Waals surface area contributed by atoms with Crippen LogP contribution in [0.3, 0.4) is 0 Å². The lowest BCUT2D eigenvalue weighted by molar-refractivity contribution is 0.672. The van der Waals surface area contributed by atoms with E-state index in [1.807, 2.05) is 0 Å². The van der Waals surface area contributed by atoms with Crippen molar-refractivity contribution in [1.29, 1.82) is 0 Å². The molecule has 0 saturated carbocycles. The number of hydrogen-bond acceptors (Lipinski definition) is 0. The molecule has 0 N–H and O–H groups in total. The van der Waals surface area contributed by atoms with Crippen LogP contribution in [0, 0.1) is 0 Å². The summed E-state index contributed by atoms with van der Waals surface area (Å²) in [5.41, 5.74) is 0. The van der Waals surface area contributed by atoms with Crippen molar-refractivity contribution in [1.82, 2.24) is 0 Å². The van der Waals surface area contributed by atoms with Crippen molar-refractivity contribution in [2.75, 3.05) is 6.16 Å². The van der Waals surface area contributed by atoms with Crippen LogP contribution in [-0.2, 0) is 0 Å². The lowest BCUT2D eigenvalue weighted by Gasteiger charge is -2.41. The molecule has 0 aromatic carbocycles. The Morgan fingerprint density at radius 3 is 1.53 bits per heavy atom. The fourth-order valence-corrected chi connectivity index (χ4v) is 6.27. The maximum Gasteiger partial charge on any atom is -0.0175 e. The van der Waals surface area contributed by atoms with Gasteiger partial charge in [-0.25, -0.2) is 0 Å². The van der Waals surface area contributed by atoms with E-state index in [4.69, 9.17) is 0 Å². The van der Waals surface area contributed by atoms with Gasteiger partial charge in [-0.3, -0.25) is 0 Å². The van der Waals surface area contributed by atoms with Gasteiger partial charge in [-0.1, -0.05) is 75.7 Å². The van der Waals surface area contributed by atoms with Crippen LogP contribution in [-0.4, -0.2) is 16.5 Å². The maximum atomic E-state index is 2.42. The Labute approximate surface area is 99.0 Å². The summed E-state index contributed by atoms with van der Waals surface area (Å²) in [5, 5.41) is 1.03. The smallest absolute Gasteiger partial charge is 0.0175 e. The molecular formula is C14H31P. The van der Waals surface area contributed by atoms with Crippen molar-refractivity contribution < 1.29 is 0 Å². The van der Waals surface area contributed by atoms with Crippen molar-refractivity contribution in [2.45, 2.75) is 84.5 Å². The van der Waals surface area contributed by atoms with Gasteiger partial charge in [0.2, 0.25) is 0 Å². The highest BCUT2D eigenvalue weighted by Crippen LogP contribution is 2.59. The number of rotatable bonds is 5. The Bertz CT molecular complexity index is 145. The van der Waals surface area contributed by atoms with Gasteiger partial charge in [0.05, 0.1) is 0 Å². The van der Waals surface area contributed by atoms with Crippen LogP contribution in [0.25, 0.3) is 0 Å². The molecule has 1 heteroatoms. The third-order valence-electron chi connectivity index (χ3n) is 2.85. The van der Waals surface area contributed by atoms with Gasteiger partial charge < -0.3 is 0 Å². The summed E-state index contributed by atoms with van der Waals surface area (Å²) < 4.78 is 0. The molecule has 0 rings (SSSR count). The van der Waals surface area contributed by atoms with Crippen LogP contribution in [0.1, 0.15) is 74.1 Å². The standard InChI is InChI=1S/C14H31P/c1-8-9-10-11-12-15(13(2,3)4)14(5,6)7/h8-12H2,1-7H3. The van der Waals surface area contributed by atoms with Gasteiger partial charge in [-0.15, -0.1) is 0 Å². The van der Waals surface area contributed by atoms with Crippen molar-refractivity contribution in [3.63, 3.8) is 0 Å². The fourth-order valence-electron chi connectivity index (χ4n) is 2.37. The molecule has 0 unspecified atom stereocenters. The Balaban J connectivity index is 4.17. The first-order chi connectivity index (χ1) is 6.69. The van der Waals surface area contributed by atoms with Gasteiger partial charge in [0.1, 0.15) is 0 Å². The van der Waals surface area contributed by atoms with E-state index < -0.39 is 0 Å². The van der Waals surface area contributed by atoms with Crippen molar-refractivity contribution >= 4 is 7.92 Å². The molecule has 0 nitrogen and oxygen atoms in total. The third-order valence-corrected chi connectivity index (χ3v) is 6.86. The maximum absolute atomic E-state index is 2.42. The lowest BCUT2D eigenvalue weighted by Crippen LogP contribution is -2.26. The molecule has 0 aliphatic rings. The zero-order valence-corrected chi connectivity index (χ0v) is 12.9. The molecule has 92 valence electrons. The van der Waals surface area contributed by atoms with Gasteiger partial charge >= 0.3 is 0 Å².